The van der Waals surface area contributed by atoms with E-state index in [2.05, 4.69) is 5.32 Å². The van der Waals surface area contributed by atoms with Gasteiger partial charge in [0, 0.05) is 12.1 Å². The molecule has 0 saturated heterocycles. The molecule has 1 aliphatic rings. The van der Waals surface area contributed by atoms with Crippen molar-refractivity contribution in [3.63, 3.8) is 0 Å². The number of carbonyl (C=O) groups excluding carboxylic acids is 2. The van der Waals surface area contributed by atoms with E-state index in [1.54, 1.807) is 0 Å². The van der Waals surface area contributed by atoms with Gasteiger partial charge >= 0.3 is 12.1 Å². The van der Waals surface area contributed by atoms with Crippen molar-refractivity contribution in [1.82, 2.24) is 5.32 Å². The Labute approximate surface area is 125 Å². The molecule has 0 radical (unpaired) electrons. The highest BCUT2D eigenvalue weighted by Crippen LogP contribution is 2.29. The zero-order valence-electron chi connectivity index (χ0n) is 11.5. The van der Waals surface area contributed by atoms with Crippen LogP contribution in [0, 0.1) is 0 Å². The maximum absolute atomic E-state index is 12.5. The normalized spacial score (nSPS) is 14.9. The number of rotatable bonds is 5. The van der Waals surface area contributed by atoms with Gasteiger partial charge in [-0.3, -0.25) is 4.79 Å². The highest BCUT2D eigenvalue weighted by molar-refractivity contribution is 5.89. The van der Waals surface area contributed by atoms with Crippen LogP contribution in [0.2, 0.25) is 0 Å². The van der Waals surface area contributed by atoms with Crippen LogP contribution < -0.4 is 5.32 Å². The number of nitrogens with one attached hydrogen (secondary N) is 1. The third-order valence-electron chi connectivity index (χ3n) is 2.91. The predicted molar refractivity (Wildman–Crippen MR) is 72.6 cm³/mol. The molecule has 0 bridgehead atoms. The van der Waals surface area contributed by atoms with Gasteiger partial charge in [0.15, 0.2) is 6.61 Å². The van der Waals surface area contributed by atoms with E-state index in [1.807, 2.05) is 0 Å². The van der Waals surface area contributed by atoms with Crippen molar-refractivity contribution in [3.05, 3.63) is 41.5 Å². The highest BCUT2D eigenvalue weighted by Gasteiger charge is 2.30. The van der Waals surface area contributed by atoms with Gasteiger partial charge in [-0.2, -0.15) is 13.2 Å². The second-order valence-electron chi connectivity index (χ2n) is 4.91. The molecule has 0 aromatic heterocycles. The summed E-state index contributed by atoms with van der Waals surface area (Å²) in [7, 11) is 0. The Bertz CT molecular complexity index is 592. The molecule has 1 N–H and O–H groups in total. The molecule has 1 fully saturated rings. The van der Waals surface area contributed by atoms with Gasteiger partial charge in [0.25, 0.3) is 5.91 Å². The SMILES string of the molecule is O=C(COC(=O)/C=C/c1cccc(C(F)(F)F)c1)NC1CC1. The Morgan fingerprint density at radius 3 is 2.68 bits per heavy atom. The molecule has 22 heavy (non-hydrogen) atoms. The average molecular weight is 313 g/mol. The van der Waals surface area contributed by atoms with Crippen molar-refractivity contribution >= 4 is 18.0 Å². The van der Waals surface area contributed by atoms with Crippen molar-refractivity contribution in [1.29, 1.82) is 0 Å². The summed E-state index contributed by atoms with van der Waals surface area (Å²) in [6.45, 7) is -0.401. The summed E-state index contributed by atoms with van der Waals surface area (Å²) in [5, 5.41) is 2.64. The van der Waals surface area contributed by atoms with Gasteiger partial charge < -0.3 is 10.1 Å². The van der Waals surface area contributed by atoms with Crippen LogP contribution in [-0.2, 0) is 20.5 Å². The second-order valence-corrected chi connectivity index (χ2v) is 4.91. The van der Waals surface area contributed by atoms with Gasteiger partial charge in [0.2, 0.25) is 0 Å². The Hall–Kier alpha value is -2.31. The summed E-state index contributed by atoms with van der Waals surface area (Å²) in [5.74, 6) is -1.17. The maximum atomic E-state index is 12.5. The van der Waals surface area contributed by atoms with Crippen molar-refractivity contribution in [2.24, 2.45) is 0 Å². The summed E-state index contributed by atoms with van der Waals surface area (Å²) in [4.78, 5) is 22.7. The fraction of sp³-hybridized carbons (Fsp3) is 0.333. The first-order chi connectivity index (χ1) is 10.3. The summed E-state index contributed by atoms with van der Waals surface area (Å²) < 4.78 is 42.3. The van der Waals surface area contributed by atoms with Crippen molar-refractivity contribution in [2.45, 2.75) is 25.1 Å². The minimum atomic E-state index is -4.44. The number of benzene rings is 1. The van der Waals surface area contributed by atoms with Crippen LogP contribution in [0.1, 0.15) is 24.0 Å². The number of ether oxygens (including phenoxy) is 1. The van der Waals surface area contributed by atoms with Crippen molar-refractivity contribution in [3.8, 4) is 0 Å². The van der Waals surface area contributed by atoms with Gasteiger partial charge in [-0.1, -0.05) is 12.1 Å². The molecule has 0 spiro atoms. The lowest BCUT2D eigenvalue weighted by Crippen LogP contribution is -2.30. The van der Waals surface area contributed by atoms with Crippen molar-refractivity contribution < 1.29 is 27.5 Å². The molecule has 0 unspecified atom stereocenters. The topological polar surface area (TPSA) is 55.4 Å². The monoisotopic (exact) mass is 313 g/mol. The third kappa shape index (κ3) is 5.23. The largest absolute Gasteiger partial charge is 0.452 e. The van der Waals surface area contributed by atoms with Crippen molar-refractivity contribution in [2.75, 3.05) is 6.61 Å². The molecule has 0 aliphatic heterocycles. The Kier molecular flexibility index (Phi) is 4.85. The Balaban J connectivity index is 1.85. The van der Waals surface area contributed by atoms with Crippen LogP contribution in [0.4, 0.5) is 13.2 Å². The van der Waals surface area contributed by atoms with E-state index in [4.69, 9.17) is 4.74 Å². The van der Waals surface area contributed by atoms with Gasteiger partial charge in [0.05, 0.1) is 5.56 Å². The summed E-state index contributed by atoms with van der Waals surface area (Å²) in [6.07, 6.45) is -0.397. The van der Waals surface area contributed by atoms with E-state index in [9.17, 15) is 22.8 Å². The van der Waals surface area contributed by atoms with E-state index in [0.29, 0.717) is 0 Å². The molecule has 1 aliphatic carbocycles. The number of carbonyl (C=O) groups is 2. The number of halogens is 3. The molecule has 1 aromatic carbocycles. The molecular weight excluding hydrogens is 299 g/mol. The fourth-order valence-corrected chi connectivity index (χ4v) is 1.66. The van der Waals surface area contributed by atoms with Crippen LogP contribution >= 0.6 is 0 Å². The van der Waals surface area contributed by atoms with Gasteiger partial charge in [-0.25, -0.2) is 4.79 Å². The van der Waals surface area contributed by atoms with Crippen LogP contribution in [0.3, 0.4) is 0 Å². The van der Waals surface area contributed by atoms with Crippen LogP contribution in [-0.4, -0.2) is 24.5 Å². The maximum Gasteiger partial charge on any atom is 0.416 e. The van der Waals surface area contributed by atoms with E-state index >= 15 is 0 Å². The van der Waals surface area contributed by atoms with E-state index in [1.165, 1.54) is 18.2 Å². The summed E-state index contributed by atoms with van der Waals surface area (Å²) >= 11 is 0. The standard InChI is InChI=1S/C15H14F3NO3/c16-15(17,18)11-3-1-2-10(8-11)4-7-14(21)22-9-13(20)19-12-5-6-12/h1-4,7-8,12H,5-6,9H2,(H,19,20)/b7-4+. The lowest BCUT2D eigenvalue weighted by molar-refractivity contribution is -0.143. The Morgan fingerprint density at radius 1 is 1.32 bits per heavy atom. The molecule has 0 heterocycles. The minimum absolute atomic E-state index is 0.173. The van der Waals surface area contributed by atoms with E-state index < -0.39 is 24.3 Å². The van der Waals surface area contributed by atoms with Gasteiger partial charge in [-0.05, 0) is 36.6 Å². The number of esters is 1. The average Bonchev–Trinajstić information content (AvgIpc) is 3.26. The molecule has 1 amide bonds. The Morgan fingerprint density at radius 2 is 2.05 bits per heavy atom. The first kappa shape index (κ1) is 16.1. The van der Waals surface area contributed by atoms with Gasteiger partial charge in [0.1, 0.15) is 0 Å². The van der Waals surface area contributed by atoms with Gasteiger partial charge in [-0.15, -0.1) is 0 Å². The summed E-state index contributed by atoms with van der Waals surface area (Å²) in [6, 6.07) is 4.71. The quantitative estimate of drug-likeness (QED) is 0.671. The fourth-order valence-electron chi connectivity index (χ4n) is 1.66. The number of amides is 1. The second kappa shape index (κ2) is 6.64. The molecule has 1 aromatic rings. The predicted octanol–water partition coefficient (Wildman–Crippen LogP) is 2.54. The number of alkyl halides is 3. The minimum Gasteiger partial charge on any atom is -0.452 e. The number of hydrogen-bond acceptors (Lipinski definition) is 3. The molecule has 7 heteroatoms. The smallest absolute Gasteiger partial charge is 0.416 e. The first-order valence-corrected chi connectivity index (χ1v) is 6.66. The number of hydrogen-bond donors (Lipinski definition) is 1. The molecule has 118 valence electrons. The zero-order valence-corrected chi connectivity index (χ0v) is 11.5. The zero-order chi connectivity index (χ0) is 16.2. The molecule has 0 atom stereocenters. The molecule has 2 rings (SSSR count). The van der Waals surface area contributed by atoms with E-state index in [0.717, 1.165) is 31.1 Å². The van der Waals surface area contributed by atoms with E-state index in [-0.39, 0.29) is 17.5 Å². The molecular formula is C15H14F3NO3. The van der Waals surface area contributed by atoms with Crippen LogP contribution in [0.15, 0.2) is 30.3 Å². The first-order valence-electron chi connectivity index (χ1n) is 6.66. The third-order valence-corrected chi connectivity index (χ3v) is 2.91. The lowest BCUT2D eigenvalue weighted by atomic mass is 10.1. The highest BCUT2D eigenvalue weighted by atomic mass is 19.4. The molecule has 1 saturated carbocycles. The van der Waals surface area contributed by atoms with Crippen LogP contribution in [0.5, 0.6) is 0 Å². The van der Waals surface area contributed by atoms with Crippen LogP contribution in [0.25, 0.3) is 6.08 Å². The summed E-state index contributed by atoms with van der Waals surface area (Å²) in [5.41, 5.74) is -0.582. The lowest BCUT2D eigenvalue weighted by Gasteiger charge is -2.06. The molecule has 4 nitrogen and oxygen atoms in total.